The van der Waals surface area contributed by atoms with E-state index in [9.17, 15) is 0 Å². The molecule has 1 fully saturated rings. The van der Waals surface area contributed by atoms with E-state index in [0.29, 0.717) is 15.7 Å². The number of hydrogen-bond donors (Lipinski definition) is 0. The summed E-state index contributed by atoms with van der Waals surface area (Å²) in [4.78, 5) is 0.593. The van der Waals surface area contributed by atoms with Crippen LogP contribution in [0.1, 0.15) is 38.8 Å². The van der Waals surface area contributed by atoms with Crippen molar-refractivity contribution in [3.05, 3.63) is 35.4 Å². The smallest absolute Gasteiger partial charge is 0.0225 e. The van der Waals surface area contributed by atoms with E-state index in [0.717, 1.165) is 12.3 Å². The molecule has 0 spiro atoms. The molecule has 0 heterocycles. The summed E-state index contributed by atoms with van der Waals surface area (Å²) < 4.78 is 0. The maximum absolute atomic E-state index is 3.91. The Morgan fingerprint density at radius 1 is 1.06 bits per heavy atom. The van der Waals surface area contributed by atoms with Gasteiger partial charge in [0.15, 0.2) is 0 Å². The molecule has 0 aliphatic heterocycles. The Hall–Kier alpha value is -0.300. The number of alkyl halides is 1. The molecule has 1 atom stereocenters. The van der Waals surface area contributed by atoms with Gasteiger partial charge in [0.2, 0.25) is 0 Å². The van der Waals surface area contributed by atoms with Gasteiger partial charge in [-0.1, -0.05) is 73.5 Å². The van der Waals surface area contributed by atoms with Gasteiger partial charge in [0.05, 0.1) is 0 Å². The van der Waals surface area contributed by atoms with Gasteiger partial charge in [-0.05, 0) is 35.7 Å². The van der Waals surface area contributed by atoms with E-state index < -0.39 is 0 Å². The van der Waals surface area contributed by atoms with Crippen molar-refractivity contribution in [3.63, 3.8) is 0 Å². The minimum Gasteiger partial charge on any atom is -0.0884 e. The van der Waals surface area contributed by atoms with Crippen LogP contribution in [0, 0.1) is 23.7 Å². The zero-order chi connectivity index (χ0) is 12.8. The molecular formula is C16H23Br. The van der Waals surface area contributed by atoms with Gasteiger partial charge in [0.25, 0.3) is 0 Å². The van der Waals surface area contributed by atoms with Crippen molar-refractivity contribution < 1.29 is 0 Å². The fraction of sp³-hybridized carbons (Fsp3) is 0.625. The van der Waals surface area contributed by atoms with Gasteiger partial charge in [-0.3, -0.25) is 0 Å². The third-order valence-corrected chi connectivity index (χ3v) is 5.90. The molecule has 0 radical (unpaired) electrons. The minimum atomic E-state index is 0.464. The normalized spacial score (nSPS) is 23.4. The largest absolute Gasteiger partial charge is 0.0884 e. The van der Waals surface area contributed by atoms with E-state index in [1.54, 1.807) is 0 Å². The van der Waals surface area contributed by atoms with Crippen LogP contribution in [0.4, 0.5) is 0 Å². The van der Waals surface area contributed by atoms with E-state index >= 15 is 0 Å². The van der Waals surface area contributed by atoms with Crippen molar-refractivity contribution >= 4 is 15.9 Å². The average molecular weight is 295 g/mol. The van der Waals surface area contributed by atoms with Crippen LogP contribution >= 0.6 is 15.9 Å². The molecule has 0 nitrogen and oxygen atoms in total. The summed E-state index contributed by atoms with van der Waals surface area (Å²) in [5.74, 6) is 0.774. The Labute approximate surface area is 114 Å². The Kier molecular flexibility index (Phi) is 3.18. The molecule has 1 aromatic carbocycles. The molecule has 0 bridgehead atoms. The molecule has 1 aromatic rings. The van der Waals surface area contributed by atoms with Gasteiger partial charge in [-0.2, -0.15) is 0 Å². The highest BCUT2D eigenvalue weighted by Crippen LogP contribution is 2.71. The first kappa shape index (κ1) is 13.1. The van der Waals surface area contributed by atoms with E-state index in [1.165, 1.54) is 11.1 Å². The maximum atomic E-state index is 3.91. The molecule has 0 N–H and O–H groups in total. The van der Waals surface area contributed by atoms with Crippen molar-refractivity contribution in [2.24, 2.45) is 16.7 Å². The van der Waals surface area contributed by atoms with E-state index in [4.69, 9.17) is 0 Å². The van der Waals surface area contributed by atoms with Crippen LogP contribution in [0.15, 0.2) is 24.3 Å². The summed E-state index contributed by atoms with van der Waals surface area (Å²) in [6.07, 6.45) is 1.14. The van der Waals surface area contributed by atoms with Crippen LogP contribution in [-0.4, -0.2) is 4.83 Å². The second-order valence-corrected chi connectivity index (χ2v) is 7.80. The third-order valence-electron chi connectivity index (χ3n) is 5.05. The summed E-state index contributed by atoms with van der Waals surface area (Å²) in [5, 5.41) is 0. The van der Waals surface area contributed by atoms with Gasteiger partial charge < -0.3 is 0 Å². The van der Waals surface area contributed by atoms with Gasteiger partial charge in [-0.15, -0.1) is 0 Å². The molecule has 94 valence electrons. The van der Waals surface area contributed by atoms with Crippen LogP contribution in [0.5, 0.6) is 0 Å². The Morgan fingerprint density at radius 2 is 1.53 bits per heavy atom. The quantitative estimate of drug-likeness (QED) is 0.690. The molecule has 17 heavy (non-hydrogen) atoms. The van der Waals surface area contributed by atoms with E-state index in [1.807, 2.05) is 0 Å². The first-order valence-electron chi connectivity index (χ1n) is 6.46. The molecule has 1 aliphatic rings. The second-order valence-electron chi connectivity index (χ2n) is 6.63. The molecule has 1 heteroatoms. The average Bonchev–Trinajstić information content (AvgIpc) is 2.61. The summed E-state index contributed by atoms with van der Waals surface area (Å²) >= 11 is 3.91. The second kappa shape index (κ2) is 4.12. The highest BCUT2D eigenvalue weighted by atomic mass is 79.9. The van der Waals surface area contributed by atoms with Gasteiger partial charge in [0, 0.05) is 4.83 Å². The fourth-order valence-electron chi connectivity index (χ4n) is 3.22. The topological polar surface area (TPSA) is 0 Å². The van der Waals surface area contributed by atoms with Crippen molar-refractivity contribution in [2.45, 2.75) is 45.9 Å². The lowest BCUT2D eigenvalue weighted by atomic mass is 10.0. The summed E-state index contributed by atoms with van der Waals surface area (Å²) in [6.45, 7) is 11.7. The molecule has 0 amide bonds. The highest BCUT2D eigenvalue weighted by molar-refractivity contribution is 9.09. The molecule has 2 rings (SSSR count). The summed E-state index contributed by atoms with van der Waals surface area (Å²) in [6, 6.07) is 8.93. The van der Waals surface area contributed by atoms with Crippen LogP contribution in [0.2, 0.25) is 0 Å². The van der Waals surface area contributed by atoms with Crippen LogP contribution in [0.3, 0.4) is 0 Å². The third kappa shape index (κ3) is 2.19. The van der Waals surface area contributed by atoms with Crippen molar-refractivity contribution in [3.8, 4) is 0 Å². The predicted octanol–water partition coefficient (Wildman–Crippen LogP) is 4.98. The van der Waals surface area contributed by atoms with Crippen molar-refractivity contribution in [1.82, 2.24) is 0 Å². The predicted molar refractivity (Wildman–Crippen MR) is 78.7 cm³/mol. The van der Waals surface area contributed by atoms with Gasteiger partial charge >= 0.3 is 0 Å². The zero-order valence-electron chi connectivity index (χ0n) is 11.5. The first-order valence-corrected chi connectivity index (χ1v) is 7.38. The van der Waals surface area contributed by atoms with Crippen molar-refractivity contribution in [1.29, 1.82) is 0 Å². The summed E-state index contributed by atoms with van der Waals surface area (Å²) in [7, 11) is 0. The lowest BCUT2D eigenvalue weighted by molar-refractivity contribution is 0.457. The Morgan fingerprint density at radius 3 is 1.94 bits per heavy atom. The van der Waals surface area contributed by atoms with E-state index in [2.05, 4.69) is 74.8 Å². The monoisotopic (exact) mass is 294 g/mol. The molecule has 1 saturated carbocycles. The molecule has 1 unspecified atom stereocenters. The maximum Gasteiger partial charge on any atom is 0.0225 e. The fourth-order valence-corrected chi connectivity index (χ4v) is 4.91. The number of aryl methyl sites for hydroxylation is 1. The zero-order valence-corrected chi connectivity index (χ0v) is 13.1. The molecular weight excluding hydrogens is 272 g/mol. The Balaban J connectivity index is 2.04. The van der Waals surface area contributed by atoms with Crippen LogP contribution in [0.25, 0.3) is 0 Å². The molecule has 0 saturated heterocycles. The number of hydrogen-bond acceptors (Lipinski definition) is 0. The Bertz CT molecular complexity index is 386. The number of rotatable bonds is 3. The molecule has 0 aromatic heterocycles. The van der Waals surface area contributed by atoms with Crippen LogP contribution < -0.4 is 0 Å². The van der Waals surface area contributed by atoms with Crippen molar-refractivity contribution in [2.75, 3.05) is 0 Å². The van der Waals surface area contributed by atoms with Gasteiger partial charge in [-0.25, -0.2) is 0 Å². The lowest BCUT2D eigenvalue weighted by Crippen LogP contribution is -2.10. The highest BCUT2D eigenvalue weighted by Gasteiger charge is 2.66. The minimum absolute atomic E-state index is 0.464. The summed E-state index contributed by atoms with van der Waals surface area (Å²) in [5.41, 5.74) is 3.71. The number of benzene rings is 1. The lowest BCUT2D eigenvalue weighted by Gasteiger charge is -2.12. The van der Waals surface area contributed by atoms with Gasteiger partial charge in [0.1, 0.15) is 0 Å². The SMILES string of the molecule is Cc1ccc(CC(Br)C2C(C)(C)C2(C)C)cc1. The van der Waals surface area contributed by atoms with E-state index in [-0.39, 0.29) is 0 Å². The standard InChI is InChI=1S/C16H23Br/c1-11-6-8-12(9-7-11)10-13(17)14-15(2,3)16(14,4)5/h6-9,13-14H,10H2,1-5H3. The first-order chi connectivity index (χ1) is 7.76. The molecule has 1 aliphatic carbocycles. The number of halogens is 1. The van der Waals surface area contributed by atoms with Crippen LogP contribution in [-0.2, 0) is 6.42 Å².